The number of rotatable bonds is 7. The van der Waals surface area contributed by atoms with Crippen LogP contribution in [-0.4, -0.2) is 24.0 Å². The lowest BCUT2D eigenvalue weighted by Crippen LogP contribution is -2.35. The molecule has 0 aliphatic rings. The number of nitrogens with one attached hydrogen (secondary N) is 1. The molecule has 2 aromatic heterocycles. The minimum atomic E-state index is 0.106. The smallest absolute Gasteiger partial charge is 0.122 e. The van der Waals surface area contributed by atoms with Crippen molar-refractivity contribution in [1.29, 1.82) is 0 Å². The zero-order chi connectivity index (χ0) is 15.3. The summed E-state index contributed by atoms with van der Waals surface area (Å²) in [5, 5.41) is 5.62. The van der Waals surface area contributed by atoms with Gasteiger partial charge in [-0.25, -0.2) is 0 Å². The fourth-order valence-corrected chi connectivity index (χ4v) is 2.83. The van der Waals surface area contributed by atoms with Crippen molar-refractivity contribution in [3.05, 3.63) is 46.0 Å². The largest absolute Gasteiger partial charge is 0.468 e. The molecule has 116 valence electrons. The summed E-state index contributed by atoms with van der Waals surface area (Å²) in [4.78, 5) is 3.80. The Balaban J connectivity index is 1.83. The second-order valence-corrected chi connectivity index (χ2v) is 7.57. The van der Waals surface area contributed by atoms with Crippen LogP contribution in [0, 0.1) is 0 Å². The number of likely N-dealkylation sites (N-methyl/N-ethyl adjacent to an activating group) is 1. The summed E-state index contributed by atoms with van der Waals surface area (Å²) < 4.78 is 5.62. The van der Waals surface area contributed by atoms with Gasteiger partial charge in [0.25, 0.3) is 0 Å². The standard InChI is InChI=1S/C17H26N2OS/c1-17(2,3)18-12-16-14(8-10-20-16)13-19(4)9-7-15-6-5-11-21-15/h5-6,8,10-11,18H,7,9,12-13H2,1-4H3. The predicted molar refractivity (Wildman–Crippen MR) is 89.7 cm³/mol. The highest BCUT2D eigenvalue weighted by Gasteiger charge is 2.13. The molecule has 0 unspecified atom stereocenters. The van der Waals surface area contributed by atoms with Crippen LogP contribution in [0.2, 0.25) is 0 Å². The van der Waals surface area contributed by atoms with Crippen molar-refractivity contribution in [1.82, 2.24) is 10.2 Å². The van der Waals surface area contributed by atoms with Gasteiger partial charge in [0, 0.05) is 29.1 Å². The van der Waals surface area contributed by atoms with E-state index in [4.69, 9.17) is 4.42 Å². The molecule has 0 bridgehead atoms. The molecule has 0 saturated carbocycles. The summed E-state index contributed by atoms with van der Waals surface area (Å²) in [6.45, 7) is 9.29. The Morgan fingerprint density at radius 2 is 2.10 bits per heavy atom. The minimum absolute atomic E-state index is 0.106. The topological polar surface area (TPSA) is 28.4 Å². The molecule has 0 saturated heterocycles. The van der Waals surface area contributed by atoms with Gasteiger partial charge in [-0.2, -0.15) is 0 Å². The van der Waals surface area contributed by atoms with Crippen LogP contribution in [0.5, 0.6) is 0 Å². The van der Waals surface area contributed by atoms with Gasteiger partial charge in [-0.3, -0.25) is 0 Å². The van der Waals surface area contributed by atoms with Crippen molar-refractivity contribution in [2.45, 2.75) is 45.8 Å². The second kappa shape index (κ2) is 7.25. The molecule has 2 rings (SSSR count). The van der Waals surface area contributed by atoms with Gasteiger partial charge >= 0.3 is 0 Å². The van der Waals surface area contributed by atoms with Crippen molar-refractivity contribution in [3.8, 4) is 0 Å². The highest BCUT2D eigenvalue weighted by molar-refractivity contribution is 7.09. The van der Waals surface area contributed by atoms with Crippen LogP contribution < -0.4 is 5.32 Å². The third kappa shape index (κ3) is 5.65. The molecular weight excluding hydrogens is 280 g/mol. The molecule has 0 spiro atoms. The highest BCUT2D eigenvalue weighted by Crippen LogP contribution is 2.15. The Morgan fingerprint density at radius 1 is 1.29 bits per heavy atom. The van der Waals surface area contributed by atoms with E-state index in [1.54, 1.807) is 6.26 Å². The first-order chi connectivity index (χ1) is 9.94. The Kier molecular flexibility index (Phi) is 5.62. The summed E-state index contributed by atoms with van der Waals surface area (Å²) in [6, 6.07) is 6.41. The quantitative estimate of drug-likeness (QED) is 0.841. The normalized spacial score (nSPS) is 12.2. The van der Waals surface area contributed by atoms with E-state index in [9.17, 15) is 0 Å². The summed E-state index contributed by atoms with van der Waals surface area (Å²) in [7, 11) is 2.17. The van der Waals surface area contributed by atoms with Crippen LogP contribution >= 0.6 is 11.3 Å². The SMILES string of the molecule is CN(CCc1cccs1)Cc1ccoc1CNC(C)(C)C. The Labute approximate surface area is 132 Å². The lowest BCUT2D eigenvalue weighted by Gasteiger charge is -2.21. The molecule has 1 N–H and O–H groups in total. The van der Waals surface area contributed by atoms with Gasteiger partial charge in [0.05, 0.1) is 12.8 Å². The van der Waals surface area contributed by atoms with Gasteiger partial charge in [0.15, 0.2) is 0 Å². The Hall–Kier alpha value is -1.10. The van der Waals surface area contributed by atoms with Crippen molar-refractivity contribution in [2.24, 2.45) is 0 Å². The molecule has 0 aliphatic carbocycles. The monoisotopic (exact) mass is 306 g/mol. The lowest BCUT2D eigenvalue weighted by atomic mass is 10.1. The molecule has 3 nitrogen and oxygen atoms in total. The zero-order valence-corrected chi connectivity index (χ0v) is 14.3. The molecule has 2 aromatic rings. The molecule has 4 heteroatoms. The van der Waals surface area contributed by atoms with E-state index in [0.29, 0.717) is 0 Å². The fraction of sp³-hybridized carbons (Fsp3) is 0.529. The van der Waals surface area contributed by atoms with Gasteiger partial charge in [0.2, 0.25) is 0 Å². The maximum atomic E-state index is 5.62. The molecule has 0 radical (unpaired) electrons. The van der Waals surface area contributed by atoms with Crippen molar-refractivity contribution >= 4 is 11.3 Å². The first kappa shape index (κ1) is 16.3. The third-order valence-electron chi connectivity index (χ3n) is 3.38. The second-order valence-electron chi connectivity index (χ2n) is 6.54. The zero-order valence-electron chi connectivity index (χ0n) is 13.5. The molecule has 0 aliphatic heterocycles. The maximum absolute atomic E-state index is 5.62. The van der Waals surface area contributed by atoms with Crippen LogP contribution in [0.15, 0.2) is 34.3 Å². The van der Waals surface area contributed by atoms with Gasteiger partial charge in [-0.1, -0.05) is 6.07 Å². The number of hydrogen-bond donors (Lipinski definition) is 1. The number of thiophene rings is 1. The molecule has 21 heavy (non-hydrogen) atoms. The number of nitrogens with zero attached hydrogens (tertiary/aromatic N) is 1. The van der Waals surface area contributed by atoms with Gasteiger partial charge in [0.1, 0.15) is 5.76 Å². The predicted octanol–water partition coefficient (Wildman–Crippen LogP) is 3.90. The molecule has 0 atom stereocenters. The Bertz CT molecular complexity index is 525. The maximum Gasteiger partial charge on any atom is 0.122 e. The average Bonchev–Trinajstić information content (AvgIpc) is 3.04. The average molecular weight is 306 g/mol. The van der Waals surface area contributed by atoms with Crippen LogP contribution in [-0.2, 0) is 19.5 Å². The first-order valence-electron chi connectivity index (χ1n) is 7.45. The highest BCUT2D eigenvalue weighted by atomic mass is 32.1. The number of furan rings is 1. The molecule has 0 aromatic carbocycles. The first-order valence-corrected chi connectivity index (χ1v) is 8.33. The van der Waals surface area contributed by atoms with Crippen molar-refractivity contribution in [2.75, 3.05) is 13.6 Å². The van der Waals surface area contributed by atoms with E-state index in [0.717, 1.165) is 31.8 Å². The molecule has 2 heterocycles. The van der Waals surface area contributed by atoms with E-state index in [1.807, 2.05) is 11.3 Å². The van der Waals surface area contributed by atoms with Crippen LogP contribution in [0.25, 0.3) is 0 Å². The van der Waals surface area contributed by atoms with E-state index in [1.165, 1.54) is 10.4 Å². The Morgan fingerprint density at radius 3 is 2.76 bits per heavy atom. The third-order valence-corrected chi connectivity index (χ3v) is 4.31. The van der Waals surface area contributed by atoms with Crippen LogP contribution in [0.1, 0.15) is 37.0 Å². The van der Waals surface area contributed by atoms with E-state index >= 15 is 0 Å². The molecular formula is C17H26N2OS. The van der Waals surface area contributed by atoms with Gasteiger partial charge < -0.3 is 14.6 Å². The summed E-state index contributed by atoms with van der Waals surface area (Å²) in [5.74, 6) is 1.05. The molecule has 0 amide bonds. The summed E-state index contributed by atoms with van der Waals surface area (Å²) in [6.07, 6.45) is 2.91. The van der Waals surface area contributed by atoms with Crippen LogP contribution in [0.3, 0.4) is 0 Å². The van der Waals surface area contributed by atoms with E-state index in [-0.39, 0.29) is 5.54 Å². The summed E-state index contributed by atoms with van der Waals surface area (Å²) >= 11 is 1.83. The van der Waals surface area contributed by atoms with Gasteiger partial charge in [-0.15, -0.1) is 11.3 Å². The lowest BCUT2D eigenvalue weighted by molar-refractivity contribution is 0.324. The summed E-state index contributed by atoms with van der Waals surface area (Å²) in [5.41, 5.74) is 1.38. The number of hydrogen-bond acceptors (Lipinski definition) is 4. The fourth-order valence-electron chi connectivity index (χ4n) is 2.13. The van der Waals surface area contributed by atoms with Gasteiger partial charge in [-0.05, 0) is 51.8 Å². The van der Waals surface area contributed by atoms with Crippen LogP contribution in [0.4, 0.5) is 0 Å². The van der Waals surface area contributed by atoms with Crippen molar-refractivity contribution < 1.29 is 4.42 Å². The minimum Gasteiger partial charge on any atom is -0.468 e. The van der Waals surface area contributed by atoms with Crippen molar-refractivity contribution in [3.63, 3.8) is 0 Å². The molecule has 0 fully saturated rings. The van der Waals surface area contributed by atoms with E-state index in [2.05, 4.69) is 61.6 Å². The van der Waals surface area contributed by atoms with E-state index < -0.39 is 0 Å².